The lowest BCUT2D eigenvalue weighted by molar-refractivity contribution is -0.115. The summed E-state index contributed by atoms with van der Waals surface area (Å²) in [6.07, 6.45) is 1.14. The van der Waals surface area contributed by atoms with Crippen molar-refractivity contribution in [2.75, 3.05) is 11.1 Å². The van der Waals surface area contributed by atoms with Crippen molar-refractivity contribution in [3.8, 4) is 0 Å². The third-order valence-corrected chi connectivity index (χ3v) is 2.74. The summed E-state index contributed by atoms with van der Waals surface area (Å²) in [5, 5.41) is 2.54. The number of amides is 1. The molecule has 20 heavy (non-hydrogen) atoms. The summed E-state index contributed by atoms with van der Waals surface area (Å²) < 4.78 is 26.5. The van der Waals surface area contributed by atoms with Crippen molar-refractivity contribution in [1.29, 1.82) is 0 Å². The molecule has 0 unspecified atom stereocenters. The maximum Gasteiger partial charge on any atom is 0.230 e. The number of carbonyl (C=O) groups excluding carboxylic acids is 1. The molecule has 0 saturated carbocycles. The summed E-state index contributed by atoms with van der Waals surface area (Å²) >= 11 is 0. The number of nitrogens with zero attached hydrogens (tertiary/aromatic N) is 1. The van der Waals surface area contributed by atoms with Crippen molar-refractivity contribution in [2.24, 2.45) is 0 Å². The molecule has 0 aliphatic carbocycles. The van der Waals surface area contributed by atoms with Gasteiger partial charge in [-0.15, -0.1) is 0 Å². The Bertz CT molecular complexity index is 659. The molecule has 0 saturated heterocycles. The molecule has 2 aromatic rings. The summed E-state index contributed by atoms with van der Waals surface area (Å²) in [5.74, 6) is -2.11. The van der Waals surface area contributed by atoms with Crippen LogP contribution < -0.4 is 11.1 Å². The summed E-state index contributed by atoms with van der Waals surface area (Å²) in [4.78, 5) is 15.8. The third kappa shape index (κ3) is 3.09. The minimum Gasteiger partial charge on any atom is -0.397 e. The van der Waals surface area contributed by atoms with Crippen LogP contribution in [-0.2, 0) is 11.2 Å². The minimum absolute atomic E-state index is 0.00408. The highest BCUT2D eigenvalue weighted by Gasteiger charge is 2.13. The van der Waals surface area contributed by atoms with Crippen LogP contribution in [0.3, 0.4) is 0 Å². The molecule has 3 N–H and O–H groups in total. The Kier molecular flexibility index (Phi) is 3.93. The Balaban J connectivity index is 2.11. The Morgan fingerprint density at radius 2 is 2.15 bits per heavy atom. The lowest BCUT2D eigenvalue weighted by Gasteiger charge is -2.08. The van der Waals surface area contributed by atoms with Gasteiger partial charge in [0.1, 0.15) is 5.82 Å². The van der Waals surface area contributed by atoms with Crippen LogP contribution in [-0.4, -0.2) is 10.9 Å². The molecular weight excluding hydrogens is 264 g/mol. The fraction of sp³-hybridized carbons (Fsp3) is 0.143. The van der Waals surface area contributed by atoms with E-state index in [1.165, 1.54) is 18.3 Å². The molecule has 2 rings (SSSR count). The van der Waals surface area contributed by atoms with Crippen LogP contribution in [0.2, 0.25) is 0 Å². The third-order valence-electron chi connectivity index (χ3n) is 2.74. The van der Waals surface area contributed by atoms with E-state index >= 15 is 0 Å². The van der Waals surface area contributed by atoms with Gasteiger partial charge in [-0.3, -0.25) is 4.79 Å². The van der Waals surface area contributed by atoms with Crippen LogP contribution >= 0.6 is 0 Å². The smallest absolute Gasteiger partial charge is 0.230 e. The van der Waals surface area contributed by atoms with Crippen molar-refractivity contribution >= 4 is 17.4 Å². The second kappa shape index (κ2) is 5.64. The lowest BCUT2D eigenvalue weighted by Crippen LogP contribution is -2.17. The van der Waals surface area contributed by atoms with Gasteiger partial charge in [0.2, 0.25) is 5.91 Å². The molecule has 1 aromatic heterocycles. The number of nitrogen functional groups attached to an aromatic ring is 1. The topological polar surface area (TPSA) is 68.0 Å². The fourth-order valence-electron chi connectivity index (χ4n) is 1.76. The zero-order valence-corrected chi connectivity index (χ0v) is 10.8. The first-order valence-electron chi connectivity index (χ1n) is 5.92. The first-order chi connectivity index (χ1) is 9.47. The van der Waals surface area contributed by atoms with E-state index in [9.17, 15) is 13.6 Å². The van der Waals surface area contributed by atoms with Crippen LogP contribution in [0.15, 0.2) is 30.5 Å². The van der Waals surface area contributed by atoms with E-state index in [4.69, 9.17) is 5.73 Å². The molecule has 0 aliphatic heterocycles. The van der Waals surface area contributed by atoms with Crippen molar-refractivity contribution in [1.82, 2.24) is 4.98 Å². The van der Waals surface area contributed by atoms with Crippen molar-refractivity contribution in [2.45, 2.75) is 13.3 Å². The van der Waals surface area contributed by atoms with E-state index in [0.29, 0.717) is 17.1 Å². The number of hydrogen-bond acceptors (Lipinski definition) is 3. The second-order valence-electron chi connectivity index (χ2n) is 4.37. The number of nitrogens with two attached hydrogens (primary N) is 1. The Labute approximate surface area is 114 Å². The van der Waals surface area contributed by atoms with Gasteiger partial charge in [0.25, 0.3) is 0 Å². The van der Waals surface area contributed by atoms with Gasteiger partial charge >= 0.3 is 0 Å². The summed E-state index contributed by atoms with van der Waals surface area (Å²) in [6.45, 7) is 1.74. The zero-order valence-electron chi connectivity index (χ0n) is 10.8. The predicted octanol–water partition coefficient (Wildman–Crippen LogP) is 2.43. The maximum absolute atomic E-state index is 13.4. The largest absolute Gasteiger partial charge is 0.397 e. The predicted molar refractivity (Wildman–Crippen MR) is 72.1 cm³/mol. The van der Waals surface area contributed by atoms with E-state index in [0.717, 1.165) is 6.07 Å². The van der Waals surface area contributed by atoms with Crippen molar-refractivity contribution in [3.05, 3.63) is 53.2 Å². The normalized spacial score (nSPS) is 10.3. The summed E-state index contributed by atoms with van der Waals surface area (Å²) in [7, 11) is 0. The number of aryl methyl sites for hydroxylation is 1. The highest BCUT2D eigenvalue weighted by molar-refractivity contribution is 5.92. The number of pyridine rings is 1. The van der Waals surface area contributed by atoms with Gasteiger partial charge in [0.15, 0.2) is 11.6 Å². The lowest BCUT2D eigenvalue weighted by atomic mass is 10.1. The average Bonchev–Trinajstić information content (AvgIpc) is 2.38. The molecule has 1 heterocycles. The molecule has 0 fully saturated rings. The fourth-order valence-corrected chi connectivity index (χ4v) is 1.76. The van der Waals surface area contributed by atoms with Gasteiger partial charge in [-0.2, -0.15) is 0 Å². The minimum atomic E-state index is -1.01. The number of anilines is 2. The number of nitrogens with one attached hydrogen (secondary N) is 1. The highest BCUT2D eigenvalue weighted by Crippen LogP contribution is 2.16. The maximum atomic E-state index is 13.4. The molecular formula is C14H13F2N3O. The molecule has 1 amide bonds. The van der Waals surface area contributed by atoms with Gasteiger partial charge in [-0.1, -0.05) is 12.1 Å². The number of carbonyl (C=O) groups is 1. The number of benzene rings is 1. The van der Waals surface area contributed by atoms with Gasteiger partial charge < -0.3 is 11.1 Å². The quantitative estimate of drug-likeness (QED) is 0.905. The zero-order chi connectivity index (χ0) is 14.7. The van der Waals surface area contributed by atoms with Crippen LogP contribution in [0.25, 0.3) is 0 Å². The number of rotatable bonds is 3. The Morgan fingerprint density at radius 3 is 2.85 bits per heavy atom. The van der Waals surface area contributed by atoms with E-state index in [1.54, 1.807) is 13.0 Å². The monoisotopic (exact) mass is 277 g/mol. The van der Waals surface area contributed by atoms with Crippen molar-refractivity contribution < 1.29 is 13.6 Å². The van der Waals surface area contributed by atoms with Crippen molar-refractivity contribution in [3.63, 3.8) is 0 Å². The molecule has 0 aliphatic rings. The molecule has 4 nitrogen and oxygen atoms in total. The molecule has 0 atom stereocenters. The molecule has 6 heteroatoms. The number of halogens is 2. The van der Waals surface area contributed by atoms with E-state index in [-0.39, 0.29) is 12.0 Å². The molecule has 1 aromatic carbocycles. The average molecular weight is 277 g/mol. The van der Waals surface area contributed by atoms with Crippen LogP contribution in [0, 0.1) is 18.6 Å². The second-order valence-corrected chi connectivity index (χ2v) is 4.37. The standard InChI is InChI=1S/C14H13F2N3O/c1-8-5-10(17)7-18-14(8)19-12(20)6-9-3-2-4-11(15)13(9)16/h2-5,7H,6,17H2,1H3,(H,18,19,20). The highest BCUT2D eigenvalue weighted by atomic mass is 19.2. The number of aromatic nitrogens is 1. The summed E-state index contributed by atoms with van der Waals surface area (Å²) in [6, 6.07) is 5.38. The van der Waals surface area contributed by atoms with Crippen LogP contribution in [0.1, 0.15) is 11.1 Å². The molecule has 104 valence electrons. The summed E-state index contributed by atoms with van der Waals surface area (Å²) in [5.41, 5.74) is 6.72. The van der Waals surface area contributed by atoms with Gasteiger partial charge in [0.05, 0.1) is 18.3 Å². The van der Waals surface area contributed by atoms with E-state index in [1.807, 2.05) is 0 Å². The Morgan fingerprint density at radius 1 is 1.40 bits per heavy atom. The van der Waals surface area contributed by atoms with Gasteiger partial charge in [-0.25, -0.2) is 13.8 Å². The van der Waals surface area contributed by atoms with Crippen LogP contribution in [0.5, 0.6) is 0 Å². The van der Waals surface area contributed by atoms with E-state index < -0.39 is 17.5 Å². The molecule has 0 spiro atoms. The van der Waals surface area contributed by atoms with Gasteiger partial charge in [-0.05, 0) is 24.6 Å². The van der Waals surface area contributed by atoms with Crippen LogP contribution in [0.4, 0.5) is 20.3 Å². The Hall–Kier alpha value is -2.50. The van der Waals surface area contributed by atoms with Gasteiger partial charge in [0, 0.05) is 5.56 Å². The molecule has 0 bridgehead atoms. The number of hydrogen-bond donors (Lipinski definition) is 2. The molecule has 0 radical (unpaired) electrons. The first-order valence-corrected chi connectivity index (χ1v) is 5.92. The van der Waals surface area contributed by atoms with E-state index in [2.05, 4.69) is 10.3 Å². The SMILES string of the molecule is Cc1cc(N)cnc1NC(=O)Cc1cccc(F)c1F. The first kappa shape index (κ1) is 13.9.